The summed E-state index contributed by atoms with van der Waals surface area (Å²) < 4.78 is 20.4. The lowest BCUT2D eigenvalue weighted by molar-refractivity contribution is -0.136. The molecule has 0 fully saturated rings. The monoisotopic (exact) mass is 408 g/mol. The van der Waals surface area contributed by atoms with Crippen LogP contribution in [0.15, 0.2) is 75.7 Å². The molecule has 1 aromatic heterocycles. The second kappa shape index (κ2) is 7.60. The summed E-state index contributed by atoms with van der Waals surface area (Å²) in [5.74, 6) is -0.906. The number of carbonyl (C=O) groups excluding carboxylic acids is 1. The normalized spacial score (nSPS) is 16.4. The molecule has 3 aromatic rings. The number of halogens is 1. The first-order valence-corrected chi connectivity index (χ1v) is 9.72. The molecular formula is C22H17FN2O3S. The van der Waals surface area contributed by atoms with E-state index in [4.69, 9.17) is 4.74 Å². The number of allylic oxidation sites excluding steroid dienone is 1. The quantitative estimate of drug-likeness (QED) is 0.626. The number of rotatable bonds is 3. The van der Waals surface area contributed by atoms with Crippen LogP contribution in [0.5, 0.6) is 0 Å². The number of hydrogen-bond donors (Lipinski definition) is 0. The van der Waals surface area contributed by atoms with Gasteiger partial charge in [-0.15, -0.1) is 0 Å². The zero-order chi connectivity index (χ0) is 20.5. The molecule has 2 aromatic carbocycles. The van der Waals surface area contributed by atoms with Gasteiger partial charge in [0, 0.05) is 0 Å². The van der Waals surface area contributed by atoms with Crippen LogP contribution in [0.1, 0.15) is 24.1 Å². The highest BCUT2D eigenvalue weighted by molar-refractivity contribution is 7.07. The number of esters is 1. The van der Waals surface area contributed by atoms with Crippen LogP contribution in [-0.2, 0) is 9.53 Å². The lowest BCUT2D eigenvalue weighted by Crippen LogP contribution is -2.39. The number of nitrogens with zero attached hydrogens (tertiary/aromatic N) is 2. The van der Waals surface area contributed by atoms with Crippen LogP contribution in [0.4, 0.5) is 4.39 Å². The Hall–Kier alpha value is -3.32. The minimum absolute atomic E-state index is 0.291. The zero-order valence-electron chi connectivity index (χ0n) is 15.8. The molecule has 0 unspecified atom stereocenters. The van der Waals surface area contributed by atoms with Crippen molar-refractivity contribution in [2.45, 2.75) is 13.0 Å². The summed E-state index contributed by atoms with van der Waals surface area (Å²) in [6.07, 6.45) is 1.63. The smallest absolute Gasteiger partial charge is 0.338 e. The van der Waals surface area contributed by atoms with Crippen LogP contribution in [0.3, 0.4) is 0 Å². The fourth-order valence-corrected chi connectivity index (χ4v) is 4.44. The van der Waals surface area contributed by atoms with Crippen LogP contribution in [0.2, 0.25) is 0 Å². The molecule has 0 amide bonds. The summed E-state index contributed by atoms with van der Waals surface area (Å²) in [4.78, 5) is 30.7. The maximum atomic E-state index is 13.5. The summed E-state index contributed by atoms with van der Waals surface area (Å²) in [5.41, 5.74) is 1.89. The summed E-state index contributed by atoms with van der Waals surface area (Å²) in [6, 6.07) is 14.7. The van der Waals surface area contributed by atoms with Crippen molar-refractivity contribution in [1.82, 2.24) is 4.57 Å². The van der Waals surface area contributed by atoms with Crippen LogP contribution in [0, 0.1) is 5.82 Å². The van der Waals surface area contributed by atoms with Gasteiger partial charge in [-0.25, -0.2) is 14.2 Å². The lowest BCUT2D eigenvalue weighted by atomic mass is 9.96. The molecule has 146 valence electrons. The molecule has 0 N–H and O–H groups in total. The van der Waals surface area contributed by atoms with Gasteiger partial charge in [-0.2, -0.15) is 0 Å². The van der Waals surface area contributed by atoms with E-state index >= 15 is 0 Å². The predicted octanol–water partition coefficient (Wildman–Crippen LogP) is 2.55. The van der Waals surface area contributed by atoms with E-state index in [0.29, 0.717) is 26.2 Å². The summed E-state index contributed by atoms with van der Waals surface area (Å²) in [5, 5.41) is 0. The third-order valence-corrected chi connectivity index (χ3v) is 5.67. The highest BCUT2D eigenvalue weighted by atomic mass is 32.1. The maximum absolute atomic E-state index is 13.5. The van der Waals surface area contributed by atoms with Gasteiger partial charge in [0.05, 0.1) is 29.0 Å². The number of hydrogen-bond acceptors (Lipinski definition) is 5. The van der Waals surface area contributed by atoms with Crippen molar-refractivity contribution in [3.63, 3.8) is 0 Å². The Kier molecular flexibility index (Phi) is 4.98. The molecule has 0 bridgehead atoms. The number of thiazole rings is 1. The Bertz CT molecular complexity index is 1310. The molecule has 4 rings (SSSR count). The molecule has 1 atom stereocenters. The van der Waals surface area contributed by atoms with Crippen molar-refractivity contribution in [3.8, 4) is 0 Å². The fourth-order valence-electron chi connectivity index (χ4n) is 3.39. The van der Waals surface area contributed by atoms with Crippen LogP contribution in [-0.4, -0.2) is 17.6 Å². The fraction of sp³-hybridized carbons (Fsp3) is 0.136. The minimum atomic E-state index is -0.644. The van der Waals surface area contributed by atoms with Gasteiger partial charge in [-0.1, -0.05) is 53.8 Å². The molecule has 1 aliphatic rings. The highest BCUT2D eigenvalue weighted by Gasteiger charge is 2.32. The van der Waals surface area contributed by atoms with Crippen LogP contribution >= 0.6 is 11.3 Å². The molecule has 7 heteroatoms. The highest BCUT2D eigenvalue weighted by Crippen LogP contribution is 2.30. The van der Waals surface area contributed by atoms with Gasteiger partial charge >= 0.3 is 5.97 Å². The molecule has 0 radical (unpaired) electrons. The zero-order valence-corrected chi connectivity index (χ0v) is 16.6. The van der Waals surface area contributed by atoms with E-state index in [2.05, 4.69) is 4.99 Å². The van der Waals surface area contributed by atoms with E-state index in [1.807, 2.05) is 30.3 Å². The van der Waals surface area contributed by atoms with Gasteiger partial charge in [-0.05, 0) is 36.3 Å². The third kappa shape index (κ3) is 3.45. The van der Waals surface area contributed by atoms with E-state index in [1.165, 1.54) is 35.1 Å². The standard InChI is InChI=1S/C22H17FN2O3S/c1-13-18(21(27)28-2)19(15-8-4-3-5-9-15)25-20(26)17(29-22(25)24-13)12-14-7-6-10-16(23)11-14/h3-12,19H,1-2H3/b17-12-/t19-/m0/s1. The van der Waals surface area contributed by atoms with Crippen LogP contribution in [0.25, 0.3) is 6.08 Å². The SMILES string of the molecule is COC(=O)C1=C(C)N=c2s/c(=C\c3cccc(F)c3)c(=O)n2[C@H]1c1ccccc1. The molecule has 5 nitrogen and oxygen atoms in total. The maximum Gasteiger partial charge on any atom is 0.338 e. The molecular weight excluding hydrogens is 391 g/mol. The Balaban J connectivity index is 1.98. The van der Waals surface area contributed by atoms with Gasteiger partial charge in [0.25, 0.3) is 5.56 Å². The first kappa shape index (κ1) is 19.0. The number of carbonyl (C=O) groups is 1. The van der Waals surface area contributed by atoms with E-state index < -0.39 is 12.0 Å². The van der Waals surface area contributed by atoms with Crippen molar-refractivity contribution in [3.05, 3.63) is 102 Å². The lowest BCUT2D eigenvalue weighted by Gasteiger charge is -2.24. The number of methoxy groups -OCH3 is 1. The van der Waals surface area contributed by atoms with Crippen molar-refractivity contribution in [1.29, 1.82) is 0 Å². The van der Waals surface area contributed by atoms with Gasteiger partial charge in [0.2, 0.25) is 0 Å². The Morgan fingerprint density at radius 3 is 2.66 bits per heavy atom. The number of ether oxygens (including phenoxy) is 1. The summed E-state index contributed by atoms with van der Waals surface area (Å²) in [7, 11) is 1.31. The van der Waals surface area contributed by atoms with Crippen molar-refractivity contribution in [2.24, 2.45) is 4.99 Å². The summed E-state index contributed by atoms with van der Waals surface area (Å²) >= 11 is 1.21. The topological polar surface area (TPSA) is 60.7 Å². The second-order valence-electron chi connectivity index (χ2n) is 6.54. The third-order valence-electron chi connectivity index (χ3n) is 4.69. The molecule has 0 saturated carbocycles. The number of benzene rings is 2. The number of aromatic nitrogens is 1. The molecule has 2 heterocycles. The second-order valence-corrected chi connectivity index (χ2v) is 7.55. The number of fused-ring (bicyclic) bond motifs is 1. The average Bonchev–Trinajstić information content (AvgIpc) is 3.02. The Morgan fingerprint density at radius 2 is 1.97 bits per heavy atom. The minimum Gasteiger partial charge on any atom is -0.466 e. The van der Waals surface area contributed by atoms with E-state index in [1.54, 1.807) is 25.1 Å². The molecule has 0 saturated heterocycles. The van der Waals surface area contributed by atoms with Gasteiger partial charge in [-0.3, -0.25) is 9.36 Å². The first-order chi connectivity index (χ1) is 14.0. The van der Waals surface area contributed by atoms with Crippen molar-refractivity contribution < 1.29 is 13.9 Å². The largest absolute Gasteiger partial charge is 0.466 e. The van der Waals surface area contributed by atoms with Crippen LogP contribution < -0.4 is 14.9 Å². The Morgan fingerprint density at radius 1 is 1.21 bits per heavy atom. The Labute approximate surface area is 169 Å². The molecule has 0 spiro atoms. The first-order valence-electron chi connectivity index (χ1n) is 8.91. The van der Waals surface area contributed by atoms with E-state index in [9.17, 15) is 14.0 Å². The van der Waals surface area contributed by atoms with E-state index in [0.717, 1.165) is 5.56 Å². The molecule has 29 heavy (non-hydrogen) atoms. The van der Waals surface area contributed by atoms with Crippen molar-refractivity contribution >= 4 is 23.4 Å². The van der Waals surface area contributed by atoms with Gasteiger partial charge < -0.3 is 4.74 Å². The predicted molar refractivity (Wildman–Crippen MR) is 109 cm³/mol. The average molecular weight is 408 g/mol. The van der Waals surface area contributed by atoms with Crippen molar-refractivity contribution in [2.75, 3.05) is 7.11 Å². The van der Waals surface area contributed by atoms with E-state index in [-0.39, 0.29) is 11.4 Å². The summed E-state index contributed by atoms with van der Waals surface area (Å²) in [6.45, 7) is 1.73. The van der Waals surface area contributed by atoms with Gasteiger partial charge in [0.15, 0.2) is 4.80 Å². The molecule has 0 aliphatic carbocycles. The molecule has 1 aliphatic heterocycles. The van der Waals surface area contributed by atoms with Gasteiger partial charge in [0.1, 0.15) is 5.82 Å².